The van der Waals surface area contributed by atoms with Gasteiger partial charge in [0, 0.05) is 13.0 Å². The van der Waals surface area contributed by atoms with Gasteiger partial charge in [0.15, 0.2) is 0 Å². The number of amides is 2. The molecule has 2 aliphatic rings. The zero-order valence-electron chi connectivity index (χ0n) is 12.4. The zero-order valence-corrected chi connectivity index (χ0v) is 12.4. The fraction of sp³-hybridized carbons (Fsp3) is 0.500. The number of piperidine rings is 1. The van der Waals surface area contributed by atoms with Gasteiger partial charge in [-0.15, -0.1) is 0 Å². The molecule has 1 N–H and O–H groups in total. The van der Waals surface area contributed by atoms with Gasteiger partial charge in [0.05, 0.1) is 19.2 Å². The van der Waals surface area contributed by atoms with E-state index in [0.29, 0.717) is 32.5 Å². The Labute approximate surface area is 129 Å². The normalized spacial score (nSPS) is 25.1. The van der Waals surface area contributed by atoms with Crippen LogP contribution in [0.4, 0.5) is 0 Å². The van der Waals surface area contributed by atoms with Gasteiger partial charge in [0.25, 0.3) is 0 Å². The van der Waals surface area contributed by atoms with Crippen molar-refractivity contribution in [3.63, 3.8) is 0 Å². The molecule has 0 aliphatic carbocycles. The lowest BCUT2D eigenvalue weighted by molar-refractivity contribution is -0.160. The molecular weight excluding hydrogens is 284 g/mol. The summed E-state index contributed by atoms with van der Waals surface area (Å²) in [5.74, 6) is 0.610. The van der Waals surface area contributed by atoms with Gasteiger partial charge in [-0.05, 0) is 18.6 Å². The Hall–Kier alpha value is -2.08. The number of aliphatic hydroxyl groups excluding tert-OH is 1. The summed E-state index contributed by atoms with van der Waals surface area (Å²) in [5, 5.41) is 9.73. The molecule has 2 heterocycles. The van der Waals surface area contributed by atoms with Crippen molar-refractivity contribution in [1.29, 1.82) is 0 Å². The number of ether oxygens (including phenoxy) is 1. The van der Waals surface area contributed by atoms with Crippen LogP contribution < -0.4 is 4.74 Å². The van der Waals surface area contributed by atoms with Crippen LogP contribution >= 0.6 is 0 Å². The van der Waals surface area contributed by atoms with Crippen LogP contribution in [0.3, 0.4) is 0 Å². The monoisotopic (exact) mass is 304 g/mol. The Balaban J connectivity index is 1.57. The number of hydrogen-bond acceptors (Lipinski definition) is 4. The first kappa shape index (κ1) is 14.8. The van der Waals surface area contributed by atoms with E-state index in [-0.39, 0.29) is 18.4 Å². The number of carbonyl (C=O) groups excluding carboxylic acids is 2. The number of benzene rings is 1. The van der Waals surface area contributed by atoms with Gasteiger partial charge in [0.2, 0.25) is 11.8 Å². The summed E-state index contributed by atoms with van der Waals surface area (Å²) in [4.78, 5) is 27.7. The minimum Gasteiger partial charge on any atom is -0.492 e. The second-order valence-electron chi connectivity index (χ2n) is 5.70. The minimum atomic E-state index is -0.512. The summed E-state index contributed by atoms with van der Waals surface area (Å²) < 4.78 is 5.58. The molecule has 22 heavy (non-hydrogen) atoms. The summed E-state index contributed by atoms with van der Waals surface area (Å²) in [7, 11) is 0. The number of carbonyl (C=O) groups is 2. The molecule has 2 aliphatic heterocycles. The maximum absolute atomic E-state index is 12.5. The number of rotatable bonds is 4. The van der Waals surface area contributed by atoms with Crippen LogP contribution in [-0.4, -0.2) is 65.1 Å². The largest absolute Gasteiger partial charge is 0.492 e. The molecule has 2 atom stereocenters. The van der Waals surface area contributed by atoms with Crippen molar-refractivity contribution in [2.24, 2.45) is 0 Å². The molecule has 6 heteroatoms. The van der Waals surface area contributed by atoms with Gasteiger partial charge in [0.1, 0.15) is 18.4 Å². The average Bonchev–Trinajstić information content (AvgIpc) is 2.53. The number of para-hydroxylation sites is 1. The van der Waals surface area contributed by atoms with E-state index in [1.165, 1.54) is 4.90 Å². The fourth-order valence-electron chi connectivity index (χ4n) is 3.00. The highest BCUT2D eigenvalue weighted by Crippen LogP contribution is 2.23. The molecule has 0 unspecified atom stereocenters. The van der Waals surface area contributed by atoms with E-state index in [1.807, 2.05) is 30.3 Å². The summed E-state index contributed by atoms with van der Waals surface area (Å²) in [6.07, 6.45) is 0.381. The van der Waals surface area contributed by atoms with E-state index in [0.717, 1.165) is 5.75 Å². The SMILES string of the molecule is O=C1[C@H]2C[C@@H](O)CCN2C(=O)CN1CCOc1ccccc1. The predicted octanol–water partition coefficient (Wildman–Crippen LogP) is 0.259. The van der Waals surface area contributed by atoms with Crippen LogP contribution in [0.5, 0.6) is 5.75 Å². The van der Waals surface area contributed by atoms with Crippen LogP contribution in [-0.2, 0) is 9.59 Å². The molecule has 0 radical (unpaired) electrons. The van der Waals surface area contributed by atoms with Crippen LogP contribution in [0.1, 0.15) is 12.8 Å². The van der Waals surface area contributed by atoms with Crippen molar-refractivity contribution in [2.45, 2.75) is 25.0 Å². The Morgan fingerprint density at radius 1 is 1.23 bits per heavy atom. The number of fused-ring (bicyclic) bond motifs is 1. The highest BCUT2D eigenvalue weighted by molar-refractivity contribution is 5.95. The van der Waals surface area contributed by atoms with E-state index >= 15 is 0 Å². The van der Waals surface area contributed by atoms with Crippen LogP contribution in [0.25, 0.3) is 0 Å². The summed E-state index contributed by atoms with van der Waals surface area (Å²) >= 11 is 0. The van der Waals surface area contributed by atoms with Crippen molar-refractivity contribution in [3.8, 4) is 5.75 Å². The Kier molecular flexibility index (Phi) is 4.29. The topological polar surface area (TPSA) is 70.1 Å². The van der Waals surface area contributed by atoms with E-state index in [9.17, 15) is 14.7 Å². The smallest absolute Gasteiger partial charge is 0.246 e. The van der Waals surface area contributed by atoms with Gasteiger partial charge >= 0.3 is 0 Å². The Bertz CT molecular complexity index is 548. The minimum absolute atomic E-state index is 0.0452. The highest BCUT2D eigenvalue weighted by Gasteiger charge is 2.42. The number of piperazine rings is 1. The summed E-state index contributed by atoms with van der Waals surface area (Å²) in [6.45, 7) is 1.28. The van der Waals surface area contributed by atoms with Gasteiger partial charge in [-0.2, -0.15) is 0 Å². The lowest BCUT2D eigenvalue weighted by atomic mass is 9.96. The van der Waals surface area contributed by atoms with Gasteiger partial charge in [-0.3, -0.25) is 9.59 Å². The zero-order chi connectivity index (χ0) is 15.5. The molecule has 2 saturated heterocycles. The first-order valence-electron chi connectivity index (χ1n) is 7.59. The van der Waals surface area contributed by atoms with Crippen LogP contribution in [0.15, 0.2) is 30.3 Å². The molecule has 0 bridgehead atoms. The van der Waals surface area contributed by atoms with Crippen LogP contribution in [0, 0.1) is 0 Å². The lowest BCUT2D eigenvalue weighted by Gasteiger charge is -2.43. The van der Waals surface area contributed by atoms with Crippen LogP contribution in [0.2, 0.25) is 0 Å². The van der Waals surface area contributed by atoms with Crippen molar-refractivity contribution < 1.29 is 19.4 Å². The molecular formula is C16H20N2O4. The average molecular weight is 304 g/mol. The van der Waals surface area contributed by atoms with Crippen molar-refractivity contribution in [1.82, 2.24) is 9.80 Å². The first-order valence-corrected chi connectivity index (χ1v) is 7.59. The maximum Gasteiger partial charge on any atom is 0.246 e. The van der Waals surface area contributed by atoms with Gasteiger partial charge in [-0.25, -0.2) is 0 Å². The molecule has 1 aromatic rings. The van der Waals surface area contributed by atoms with Gasteiger partial charge in [-0.1, -0.05) is 18.2 Å². The molecule has 2 fully saturated rings. The molecule has 0 spiro atoms. The third kappa shape index (κ3) is 3.06. The quantitative estimate of drug-likeness (QED) is 0.866. The number of nitrogens with zero attached hydrogens (tertiary/aromatic N) is 2. The summed E-state index contributed by atoms with van der Waals surface area (Å²) in [6, 6.07) is 8.85. The molecule has 118 valence electrons. The van der Waals surface area contributed by atoms with E-state index in [2.05, 4.69) is 0 Å². The lowest BCUT2D eigenvalue weighted by Crippen LogP contribution is -2.63. The predicted molar refractivity (Wildman–Crippen MR) is 79.3 cm³/mol. The van der Waals surface area contributed by atoms with Crippen molar-refractivity contribution in [2.75, 3.05) is 26.2 Å². The third-order valence-electron chi connectivity index (χ3n) is 4.19. The third-order valence-corrected chi connectivity index (χ3v) is 4.19. The first-order chi connectivity index (χ1) is 10.6. The van der Waals surface area contributed by atoms with Crippen molar-refractivity contribution >= 4 is 11.8 Å². The maximum atomic E-state index is 12.5. The molecule has 0 saturated carbocycles. The summed E-state index contributed by atoms with van der Waals surface area (Å²) in [5.41, 5.74) is 0. The number of aliphatic hydroxyl groups is 1. The standard InChI is InChI=1S/C16H20N2O4/c19-12-6-7-18-14(10-12)16(21)17(11-15(18)20)8-9-22-13-4-2-1-3-5-13/h1-5,12,14,19H,6-11H2/t12-,14+/m0/s1. The second kappa shape index (κ2) is 6.36. The van der Waals surface area contributed by atoms with Crippen molar-refractivity contribution in [3.05, 3.63) is 30.3 Å². The second-order valence-corrected chi connectivity index (χ2v) is 5.70. The molecule has 0 aromatic heterocycles. The molecule has 2 amide bonds. The fourth-order valence-corrected chi connectivity index (χ4v) is 3.00. The molecule has 1 aromatic carbocycles. The van der Waals surface area contributed by atoms with E-state index in [4.69, 9.17) is 4.74 Å². The number of hydrogen-bond donors (Lipinski definition) is 1. The van der Waals surface area contributed by atoms with E-state index < -0.39 is 12.1 Å². The van der Waals surface area contributed by atoms with Gasteiger partial charge < -0.3 is 19.6 Å². The molecule has 3 rings (SSSR count). The highest BCUT2D eigenvalue weighted by atomic mass is 16.5. The Morgan fingerprint density at radius 3 is 2.77 bits per heavy atom. The Morgan fingerprint density at radius 2 is 2.00 bits per heavy atom. The van der Waals surface area contributed by atoms with E-state index in [1.54, 1.807) is 4.90 Å². The molecule has 6 nitrogen and oxygen atoms in total.